The van der Waals surface area contributed by atoms with Gasteiger partial charge in [0.25, 0.3) is 0 Å². The fraction of sp³-hybridized carbons (Fsp3) is 0.238. The molecule has 2 aliphatic heterocycles. The molecule has 2 nitrogen and oxygen atoms in total. The third-order valence-electron chi connectivity index (χ3n) is 5.40. The lowest BCUT2D eigenvalue weighted by molar-refractivity contribution is 0.168. The predicted molar refractivity (Wildman–Crippen MR) is 115 cm³/mol. The summed E-state index contributed by atoms with van der Waals surface area (Å²) < 4.78 is 22.4. The summed E-state index contributed by atoms with van der Waals surface area (Å²) >= 11 is 5.35. The van der Waals surface area contributed by atoms with Crippen molar-refractivity contribution in [3.63, 3.8) is 0 Å². The number of fused-ring (bicyclic) bond motifs is 5. The number of hydrogen-bond acceptors (Lipinski definition) is 3. The Labute approximate surface area is 171 Å². The van der Waals surface area contributed by atoms with Gasteiger partial charge in [0.05, 0.1) is 16.5 Å². The minimum Gasteiger partial charge on any atom is -0.465 e. The van der Waals surface area contributed by atoms with Crippen molar-refractivity contribution in [2.45, 2.75) is 32.0 Å². The van der Waals surface area contributed by atoms with E-state index in [2.05, 4.69) is 52.0 Å². The molecule has 0 saturated carbocycles. The van der Waals surface area contributed by atoms with Crippen molar-refractivity contribution in [2.75, 3.05) is 4.90 Å². The Bertz CT molecular complexity index is 1050. The molecule has 0 saturated heterocycles. The van der Waals surface area contributed by atoms with Gasteiger partial charge in [-0.25, -0.2) is 4.39 Å². The number of thiophene rings is 1. The average Bonchev–Trinajstić information content (AvgIpc) is 3.24. The molecule has 6 heteroatoms. The molecule has 2 aromatic carbocycles. The molecule has 5 rings (SSSR count). The van der Waals surface area contributed by atoms with Crippen molar-refractivity contribution >= 4 is 46.3 Å². The largest absolute Gasteiger partial charge is 0.465 e. The third kappa shape index (κ3) is 2.73. The smallest absolute Gasteiger partial charge is 0.208 e. The summed E-state index contributed by atoms with van der Waals surface area (Å²) in [7, 11) is 1.91. The SMILES string of the molecule is Bc1cc(F)c2c(c1)OC(c1ccc(CC)s1)N1c3ccc(Br)cc3CC21. The van der Waals surface area contributed by atoms with Gasteiger partial charge >= 0.3 is 0 Å². The van der Waals surface area contributed by atoms with Crippen LogP contribution in [0.1, 0.15) is 40.1 Å². The summed E-state index contributed by atoms with van der Waals surface area (Å²) in [6, 6.07) is 14.2. The van der Waals surface area contributed by atoms with Crippen molar-refractivity contribution < 1.29 is 9.13 Å². The highest BCUT2D eigenvalue weighted by Gasteiger charge is 2.44. The van der Waals surface area contributed by atoms with Gasteiger partial charge in [-0.2, -0.15) is 0 Å². The van der Waals surface area contributed by atoms with E-state index in [1.807, 2.05) is 20.0 Å². The van der Waals surface area contributed by atoms with Crippen molar-refractivity contribution in [3.8, 4) is 5.75 Å². The molecule has 0 fully saturated rings. The Balaban J connectivity index is 1.70. The van der Waals surface area contributed by atoms with E-state index in [9.17, 15) is 4.39 Å². The van der Waals surface area contributed by atoms with Crippen molar-refractivity contribution in [1.82, 2.24) is 0 Å². The van der Waals surface area contributed by atoms with Gasteiger partial charge in [-0.1, -0.05) is 28.3 Å². The first-order valence-corrected chi connectivity index (χ1v) is 10.8. The van der Waals surface area contributed by atoms with E-state index in [0.717, 1.165) is 28.5 Å². The molecule has 0 radical (unpaired) electrons. The standard InChI is InChI=1S/C21H18BBrFNOS/c1-2-14-4-6-19(27-14)21-25-16-5-3-13(23)7-11(16)8-17(25)20-15(24)9-12(22)10-18(20)26-21/h3-7,9-10,17,21H,2,8,22H2,1H3. The molecule has 3 aromatic rings. The lowest BCUT2D eigenvalue weighted by atomic mass is 9.90. The molecule has 2 unspecified atom stereocenters. The zero-order valence-corrected chi connectivity index (χ0v) is 17.5. The van der Waals surface area contributed by atoms with Crippen LogP contribution < -0.4 is 15.1 Å². The number of halogens is 2. The fourth-order valence-electron chi connectivity index (χ4n) is 4.21. The lowest BCUT2D eigenvalue weighted by Crippen LogP contribution is -2.38. The highest BCUT2D eigenvalue weighted by molar-refractivity contribution is 9.10. The molecule has 2 aliphatic rings. The van der Waals surface area contributed by atoms with Gasteiger partial charge in [-0.05, 0) is 60.9 Å². The Hall–Kier alpha value is -1.79. The molecule has 27 heavy (non-hydrogen) atoms. The van der Waals surface area contributed by atoms with Gasteiger partial charge in [-0.15, -0.1) is 11.3 Å². The van der Waals surface area contributed by atoms with Crippen LogP contribution >= 0.6 is 27.3 Å². The predicted octanol–water partition coefficient (Wildman–Crippen LogP) is 4.67. The summed E-state index contributed by atoms with van der Waals surface area (Å²) in [6.07, 6.45) is 1.57. The summed E-state index contributed by atoms with van der Waals surface area (Å²) in [6.45, 7) is 2.16. The Morgan fingerprint density at radius 3 is 2.89 bits per heavy atom. The molecule has 3 heterocycles. The number of anilines is 1. The highest BCUT2D eigenvalue weighted by atomic mass is 79.9. The molecule has 2 atom stereocenters. The van der Waals surface area contributed by atoms with E-state index < -0.39 is 0 Å². The zero-order chi connectivity index (χ0) is 18.7. The second kappa shape index (κ2) is 6.38. The first-order valence-electron chi connectivity index (χ1n) is 9.17. The maximum absolute atomic E-state index is 14.9. The topological polar surface area (TPSA) is 12.5 Å². The van der Waals surface area contributed by atoms with Crippen LogP contribution in [0.4, 0.5) is 10.1 Å². The van der Waals surface area contributed by atoms with E-state index in [1.165, 1.54) is 15.3 Å². The maximum atomic E-state index is 14.9. The fourth-order valence-corrected chi connectivity index (χ4v) is 5.60. The van der Waals surface area contributed by atoms with Gasteiger partial charge in [0.15, 0.2) is 0 Å². The zero-order valence-electron chi connectivity index (χ0n) is 15.1. The van der Waals surface area contributed by atoms with Crippen LogP contribution in [0.2, 0.25) is 0 Å². The van der Waals surface area contributed by atoms with Gasteiger partial charge in [0, 0.05) is 15.0 Å². The Kier molecular flexibility index (Phi) is 4.10. The van der Waals surface area contributed by atoms with Crippen LogP contribution in [0.3, 0.4) is 0 Å². The summed E-state index contributed by atoms with van der Waals surface area (Å²) in [4.78, 5) is 4.76. The lowest BCUT2D eigenvalue weighted by Gasteiger charge is -2.40. The summed E-state index contributed by atoms with van der Waals surface area (Å²) in [5, 5.41) is 0. The molecule has 0 amide bonds. The van der Waals surface area contributed by atoms with E-state index in [0.29, 0.717) is 11.3 Å². The number of nitrogens with zero attached hydrogens (tertiary/aromatic N) is 1. The van der Waals surface area contributed by atoms with E-state index in [1.54, 1.807) is 17.4 Å². The van der Waals surface area contributed by atoms with Gasteiger partial charge in [0.2, 0.25) is 6.23 Å². The molecular formula is C21H18BBrFNOS. The van der Waals surface area contributed by atoms with Crippen LogP contribution in [-0.2, 0) is 12.8 Å². The normalized spacial score (nSPS) is 20.0. The molecule has 0 aliphatic carbocycles. The van der Waals surface area contributed by atoms with Gasteiger partial charge in [-0.3, -0.25) is 0 Å². The van der Waals surface area contributed by atoms with E-state index in [4.69, 9.17) is 4.74 Å². The molecule has 136 valence electrons. The van der Waals surface area contributed by atoms with Crippen LogP contribution in [-0.4, -0.2) is 7.85 Å². The first kappa shape index (κ1) is 17.3. The molecule has 0 N–H and O–H groups in total. The molecule has 1 aromatic heterocycles. The number of aryl methyl sites for hydroxylation is 1. The highest BCUT2D eigenvalue weighted by Crippen LogP contribution is 2.53. The van der Waals surface area contributed by atoms with Crippen molar-refractivity contribution in [1.29, 1.82) is 0 Å². The molecule has 0 spiro atoms. The number of rotatable bonds is 2. The van der Waals surface area contributed by atoms with Crippen LogP contribution in [0, 0.1) is 5.82 Å². The minimum atomic E-state index is -0.226. The first-order chi connectivity index (χ1) is 13.0. The van der Waals surface area contributed by atoms with Crippen LogP contribution in [0.25, 0.3) is 0 Å². The second-order valence-corrected chi connectivity index (χ2v) is 9.30. The molecule has 0 bridgehead atoms. The van der Waals surface area contributed by atoms with Gasteiger partial charge in [0.1, 0.15) is 19.4 Å². The Morgan fingerprint density at radius 1 is 1.26 bits per heavy atom. The number of ether oxygens (including phenoxy) is 1. The van der Waals surface area contributed by atoms with Crippen LogP contribution in [0.15, 0.2) is 46.9 Å². The quantitative estimate of drug-likeness (QED) is 0.536. The maximum Gasteiger partial charge on any atom is 0.208 e. The van der Waals surface area contributed by atoms with Crippen molar-refractivity contribution in [2.24, 2.45) is 0 Å². The summed E-state index contributed by atoms with van der Waals surface area (Å²) in [5.74, 6) is 0.503. The van der Waals surface area contributed by atoms with E-state index in [-0.39, 0.29) is 18.1 Å². The average molecular weight is 442 g/mol. The number of hydrogen-bond donors (Lipinski definition) is 0. The van der Waals surface area contributed by atoms with Crippen molar-refractivity contribution in [3.05, 3.63) is 73.6 Å². The Morgan fingerprint density at radius 2 is 2.11 bits per heavy atom. The van der Waals surface area contributed by atoms with Gasteiger partial charge < -0.3 is 9.64 Å². The third-order valence-corrected chi connectivity index (χ3v) is 7.16. The molecular weight excluding hydrogens is 424 g/mol. The van der Waals surface area contributed by atoms with E-state index >= 15 is 0 Å². The monoisotopic (exact) mass is 441 g/mol. The minimum absolute atomic E-state index is 0.0455. The summed E-state index contributed by atoms with van der Waals surface area (Å²) in [5.41, 5.74) is 3.92. The van der Waals surface area contributed by atoms with Crippen LogP contribution in [0.5, 0.6) is 5.75 Å². The second-order valence-electron chi connectivity index (χ2n) is 7.19. The number of benzene rings is 2.